The van der Waals surface area contributed by atoms with E-state index in [1.165, 1.54) is 11.8 Å². The van der Waals surface area contributed by atoms with Gasteiger partial charge in [-0.1, -0.05) is 52.3 Å². The highest BCUT2D eigenvalue weighted by Crippen LogP contribution is 2.24. The SMILES string of the molecule is CC.CC1CC(Oc2nccc3ccccc23)CN1.CCC. The van der Waals surface area contributed by atoms with Gasteiger partial charge in [0, 0.05) is 30.6 Å². The van der Waals surface area contributed by atoms with Gasteiger partial charge in [0.1, 0.15) is 6.10 Å². The molecule has 22 heavy (non-hydrogen) atoms. The van der Waals surface area contributed by atoms with Crippen molar-refractivity contribution in [3.05, 3.63) is 36.5 Å². The van der Waals surface area contributed by atoms with Crippen molar-refractivity contribution in [3.8, 4) is 5.88 Å². The largest absolute Gasteiger partial charge is 0.472 e. The molecule has 1 aliphatic heterocycles. The molecule has 1 aromatic heterocycles. The van der Waals surface area contributed by atoms with Gasteiger partial charge in [-0.3, -0.25) is 0 Å². The van der Waals surface area contributed by atoms with Crippen LogP contribution in [-0.4, -0.2) is 23.7 Å². The summed E-state index contributed by atoms with van der Waals surface area (Å²) in [6, 6.07) is 10.7. The van der Waals surface area contributed by atoms with Crippen molar-refractivity contribution in [2.45, 2.75) is 59.6 Å². The number of nitrogens with zero attached hydrogens (tertiary/aromatic N) is 1. The van der Waals surface area contributed by atoms with Gasteiger partial charge in [-0.25, -0.2) is 4.98 Å². The number of aromatic nitrogens is 1. The molecule has 1 saturated heterocycles. The van der Waals surface area contributed by atoms with Crippen LogP contribution in [0.2, 0.25) is 0 Å². The van der Waals surface area contributed by atoms with Crippen molar-refractivity contribution in [1.29, 1.82) is 0 Å². The topological polar surface area (TPSA) is 34.1 Å². The number of fused-ring (bicyclic) bond motifs is 1. The molecular formula is C19H30N2O. The Kier molecular flexibility index (Phi) is 8.53. The van der Waals surface area contributed by atoms with Gasteiger partial charge < -0.3 is 10.1 Å². The predicted octanol–water partition coefficient (Wildman–Crippen LogP) is 4.81. The molecular weight excluding hydrogens is 272 g/mol. The van der Waals surface area contributed by atoms with E-state index in [2.05, 4.69) is 43.2 Å². The van der Waals surface area contributed by atoms with Gasteiger partial charge in [0.15, 0.2) is 0 Å². The second-order valence-electron chi connectivity index (χ2n) is 5.33. The van der Waals surface area contributed by atoms with Crippen LogP contribution in [-0.2, 0) is 0 Å². The quantitative estimate of drug-likeness (QED) is 0.864. The molecule has 2 aromatic rings. The van der Waals surface area contributed by atoms with E-state index in [0.29, 0.717) is 6.04 Å². The number of pyridine rings is 1. The maximum Gasteiger partial charge on any atom is 0.221 e. The Morgan fingerprint density at radius 1 is 1.18 bits per heavy atom. The van der Waals surface area contributed by atoms with Gasteiger partial charge in [-0.15, -0.1) is 0 Å². The van der Waals surface area contributed by atoms with Crippen molar-refractivity contribution >= 4 is 10.8 Å². The van der Waals surface area contributed by atoms with Gasteiger partial charge in [0.25, 0.3) is 0 Å². The van der Waals surface area contributed by atoms with E-state index in [1.807, 2.05) is 38.2 Å². The van der Waals surface area contributed by atoms with Crippen LogP contribution in [0.15, 0.2) is 36.5 Å². The normalized spacial score (nSPS) is 19.7. The Morgan fingerprint density at radius 2 is 1.86 bits per heavy atom. The van der Waals surface area contributed by atoms with E-state index in [0.717, 1.165) is 24.2 Å². The minimum Gasteiger partial charge on any atom is -0.472 e. The summed E-state index contributed by atoms with van der Waals surface area (Å²) < 4.78 is 5.99. The number of nitrogens with one attached hydrogen (secondary N) is 1. The summed E-state index contributed by atoms with van der Waals surface area (Å²) in [5, 5.41) is 5.65. The molecule has 2 atom stereocenters. The van der Waals surface area contributed by atoms with Crippen LogP contribution in [0.3, 0.4) is 0 Å². The van der Waals surface area contributed by atoms with Crippen LogP contribution in [0.5, 0.6) is 5.88 Å². The molecule has 1 N–H and O–H groups in total. The summed E-state index contributed by atoms with van der Waals surface area (Å²) >= 11 is 0. The zero-order chi connectivity index (χ0) is 16.4. The Hall–Kier alpha value is -1.61. The maximum atomic E-state index is 5.99. The van der Waals surface area contributed by atoms with Crippen LogP contribution >= 0.6 is 0 Å². The molecule has 122 valence electrons. The van der Waals surface area contributed by atoms with Crippen molar-refractivity contribution in [3.63, 3.8) is 0 Å². The Morgan fingerprint density at radius 3 is 2.50 bits per heavy atom. The van der Waals surface area contributed by atoms with Crippen molar-refractivity contribution in [2.24, 2.45) is 0 Å². The van der Waals surface area contributed by atoms with Crippen molar-refractivity contribution in [2.75, 3.05) is 6.54 Å². The van der Waals surface area contributed by atoms with E-state index in [4.69, 9.17) is 4.74 Å². The first kappa shape index (κ1) is 18.4. The van der Waals surface area contributed by atoms with Gasteiger partial charge in [0.05, 0.1) is 0 Å². The third kappa shape index (κ3) is 5.30. The van der Waals surface area contributed by atoms with Gasteiger partial charge in [-0.05, 0) is 24.4 Å². The summed E-state index contributed by atoms with van der Waals surface area (Å²) in [6.45, 7) is 11.3. The molecule has 0 saturated carbocycles. The Bertz CT molecular complexity index is 536. The van der Waals surface area contributed by atoms with Crippen molar-refractivity contribution < 1.29 is 4.74 Å². The molecule has 2 unspecified atom stereocenters. The molecule has 2 heterocycles. The lowest BCUT2D eigenvalue weighted by Crippen LogP contribution is -2.21. The second kappa shape index (κ2) is 10.2. The standard InChI is InChI=1S/C14H16N2O.C3H8.C2H6/c1-10-8-12(9-16-10)17-14-13-5-3-2-4-11(13)6-7-15-14;1-3-2;1-2/h2-7,10,12,16H,8-9H2,1H3;3H2,1-2H3;1-2H3. The zero-order valence-electron chi connectivity index (χ0n) is 14.6. The van der Waals surface area contributed by atoms with Crippen LogP contribution < -0.4 is 10.1 Å². The molecule has 1 aliphatic rings. The molecule has 3 rings (SSSR count). The first-order chi connectivity index (χ1) is 10.7. The number of hydrogen-bond donors (Lipinski definition) is 1. The van der Waals surface area contributed by atoms with E-state index < -0.39 is 0 Å². The van der Waals surface area contributed by atoms with Crippen molar-refractivity contribution in [1.82, 2.24) is 10.3 Å². The summed E-state index contributed by atoms with van der Waals surface area (Å²) in [4.78, 5) is 4.35. The predicted molar refractivity (Wildman–Crippen MR) is 95.6 cm³/mol. The molecule has 0 radical (unpaired) electrons. The number of rotatable bonds is 2. The molecule has 0 amide bonds. The molecule has 3 nitrogen and oxygen atoms in total. The molecule has 3 heteroatoms. The van der Waals surface area contributed by atoms with E-state index >= 15 is 0 Å². The minimum absolute atomic E-state index is 0.239. The lowest BCUT2D eigenvalue weighted by atomic mass is 10.2. The maximum absolute atomic E-state index is 5.99. The molecule has 1 aromatic carbocycles. The van der Waals surface area contributed by atoms with Gasteiger partial charge in [-0.2, -0.15) is 0 Å². The van der Waals surface area contributed by atoms with Gasteiger partial charge >= 0.3 is 0 Å². The van der Waals surface area contributed by atoms with Gasteiger partial charge in [0.2, 0.25) is 5.88 Å². The Balaban J connectivity index is 0.000000435. The highest BCUT2D eigenvalue weighted by atomic mass is 16.5. The highest BCUT2D eigenvalue weighted by Gasteiger charge is 2.22. The Labute approximate surface area is 135 Å². The number of hydrogen-bond acceptors (Lipinski definition) is 3. The fraction of sp³-hybridized carbons (Fsp3) is 0.526. The zero-order valence-corrected chi connectivity index (χ0v) is 14.6. The first-order valence-electron chi connectivity index (χ1n) is 8.48. The average Bonchev–Trinajstić information content (AvgIpc) is 2.96. The summed E-state index contributed by atoms with van der Waals surface area (Å²) in [5.41, 5.74) is 0. The molecule has 0 spiro atoms. The minimum atomic E-state index is 0.239. The smallest absolute Gasteiger partial charge is 0.221 e. The van der Waals surface area contributed by atoms with E-state index in [-0.39, 0.29) is 6.10 Å². The lowest BCUT2D eigenvalue weighted by molar-refractivity contribution is 0.215. The summed E-state index contributed by atoms with van der Waals surface area (Å²) in [6.07, 6.45) is 4.34. The van der Waals surface area contributed by atoms with E-state index in [1.54, 1.807) is 0 Å². The second-order valence-corrected chi connectivity index (χ2v) is 5.33. The first-order valence-corrected chi connectivity index (χ1v) is 8.48. The number of ether oxygens (including phenoxy) is 1. The molecule has 1 fully saturated rings. The lowest BCUT2D eigenvalue weighted by Gasteiger charge is -2.13. The van der Waals surface area contributed by atoms with Crippen LogP contribution in [0.1, 0.15) is 47.5 Å². The number of benzene rings is 1. The monoisotopic (exact) mass is 302 g/mol. The molecule has 0 aliphatic carbocycles. The summed E-state index contributed by atoms with van der Waals surface area (Å²) in [5.74, 6) is 0.754. The summed E-state index contributed by atoms with van der Waals surface area (Å²) in [7, 11) is 0. The average molecular weight is 302 g/mol. The fourth-order valence-corrected chi connectivity index (χ4v) is 2.33. The van der Waals surface area contributed by atoms with Crippen LogP contribution in [0.25, 0.3) is 10.8 Å². The highest BCUT2D eigenvalue weighted by molar-refractivity contribution is 5.86. The third-order valence-electron chi connectivity index (χ3n) is 3.23. The van der Waals surface area contributed by atoms with Crippen LogP contribution in [0.4, 0.5) is 0 Å². The molecule has 0 bridgehead atoms. The fourth-order valence-electron chi connectivity index (χ4n) is 2.33. The van der Waals surface area contributed by atoms with E-state index in [9.17, 15) is 0 Å². The van der Waals surface area contributed by atoms with Crippen LogP contribution in [0, 0.1) is 0 Å². The third-order valence-corrected chi connectivity index (χ3v) is 3.23.